The number of benzene rings is 2. The fourth-order valence-corrected chi connectivity index (χ4v) is 4.03. The van der Waals surface area contributed by atoms with Crippen molar-refractivity contribution >= 4 is 45.2 Å². The highest BCUT2D eigenvalue weighted by atomic mass is 127. The summed E-state index contributed by atoms with van der Waals surface area (Å²) in [5, 5.41) is 0. The van der Waals surface area contributed by atoms with E-state index in [1.165, 1.54) is 14.7 Å². The maximum atomic E-state index is 5.91. The van der Waals surface area contributed by atoms with Crippen molar-refractivity contribution in [3.05, 3.63) is 63.2 Å². The van der Waals surface area contributed by atoms with Crippen LogP contribution in [0, 0.1) is 3.57 Å². The Hall–Kier alpha value is -0.300. The quantitative estimate of drug-likeness (QED) is 0.475. The van der Waals surface area contributed by atoms with E-state index < -0.39 is 0 Å². The molecule has 3 heteroatoms. The third kappa shape index (κ3) is 1.95. The summed E-state index contributed by atoms with van der Waals surface area (Å²) in [5.41, 5.74) is 2.69. The van der Waals surface area contributed by atoms with Gasteiger partial charge in [-0.2, -0.15) is 0 Å². The minimum absolute atomic E-state index is 0.0122. The molecule has 18 heavy (non-hydrogen) atoms. The second-order valence-electron chi connectivity index (χ2n) is 4.51. The maximum Gasteiger partial charge on any atom is 0.123 e. The van der Waals surface area contributed by atoms with Crippen molar-refractivity contribution in [1.29, 1.82) is 0 Å². The van der Waals surface area contributed by atoms with Gasteiger partial charge in [0.1, 0.15) is 12.4 Å². The van der Waals surface area contributed by atoms with Crippen LogP contribution in [-0.2, 0) is 5.41 Å². The highest BCUT2D eigenvalue weighted by Crippen LogP contribution is 2.45. The molecular weight excluding hydrogens is 450 g/mol. The molecule has 0 saturated carbocycles. The Bertz CT molecular complexity index is 568. The van der Waals surface area contributed by atoms with E-state index in [1.54, 1.807) is 0 Å². The van der Waals surface area contributed by atoms with Crippen molar-refractivity contribution in [3.8, 4) is 5.75 Å². The summed E-state index contributed by atoms with van der Waals surface area (Å²) in [6, 6.07) is 17.1. The van der Waals surface area contributed by atoms with E-state index in [0.717, 1.165) is 16.8 Å². The monoisotopic (exact) mass is 462 g/mol. The largest absolute Gasteiger partial charge is 0.492 e. The second kappa shape index (κ2) is 5.00. The van der Waals surface area contributed by atoms with E-state index in [4.69, 9.17) is 4.74 Å². The zero-order valence-corrected chi connectivity index (χ0v) is 14.0. The summed E-state index contributed by atoms with van der Waals surface area (Å²) < 4.78 is 8.20. The van der Waals surface area contributed by atoms with Crippen LogP contribution < -0.4 is 4.74 Å². The molecule has 1 aliphatic heterocycles. The van der Waals surface area contributed by atoms with Crippen molar-refractivity contribution in [2.45, 2.75) is 5.41 Å². The molecule has 2 aromatic rings. The Morgan fingerprint density at radius 2 is 1.89 bits per heavy atom. The predicted molar refractivity (Wildman–Crippen MR) is 90.8 cm³/mol. The fourth-order valence-electron chi connectivity index (χ4n) is 2.46. The van der Waals surface area contributed by atoms with E-state index >= 15 is 0 Å². The van der Waals surface area contributed by atoms with E-state index in [9.17, 15) is 0 Å². The smallest absolute Gasteiger partial charge is 0.123 e. The van der Waals surface area contributed by atoms with E-state index in [0.29, 0.717) is 0 Å². The number of ether oxygens (including phenoxy) is 1. The normalized spacial score (nSPS) is 21.4. The molecule has 2 aromatic carbocycles. The summed E-state index contributed by atoms with van der Waals surface area (Å²) >= 11 is 4.84. The molecule has 0 bridgehead atoms. The van der Waals surface area contributed by atoms with Crippen molar-refractivity contribution in [3.63, 3.8) is 0 Å². The maximum absolute atomic E-state index is 5.91. The van der Waals surface area contributed by atoms with Gasteiger partial charge >= 0.3 is 0 Å². The zero-order valence-electron chi connectivity index (χ0n) is 9.70. The van der Waals surface area contributed by atoms with Crippen LogP contribution in [-0.4, -0.2) is 11.0 Å². The van der Waals surface area contributed by atoms with Crippen LogP contribution in [0.25, 0.3) is 0 Å². The Kier molecular flexibility index (Phi) is 3.53. The SMILES string of the molecule is ICC1(c2ccccc2)COc2ccc(I)cc21. The third-order valence-electron chi connectivity index (χ3n) is 3.49. The van der Waals surface area contributed by atoms with Gasteiger partial charge in [-0.3, -0.25) is 0 Å². The summed E-state index contributed by atoms with van der Waals surface area (Å²) in [7, 11) is 0. The van der Waals surface area contributed by atoms with Gasteiger partial charge < -0.3 is 4.74 Å². The average Bonchev–Trinajstić information content (AvgIpc) is 2.79. The lowest BCUT2D eigenvalue weighted by Crippen LogP contribution is -2.31. The minimum atomic E-state index is 0.0122. The lowest BCUT2D eigenvalue weighted by Gasteiger charge is -2.26. The van der Waals surface area contributed by atoms with Crippen molar-refractivity contribution < 1.29 is 4.74 Å². The number of rotatable bonds is 2. The lowest BCUT2D eigenvalue weighted by atomic mass is 9.78. The van der Waals surface area contributed by atoms with E-state index in [2.05, 4.69) is 93.7 Å². The van der Waals surface area contributed by atoms with Crippen LogP contribution in [0.1, 0.15) is 11.1 Å². The molecule has 0 aliphatic carbocycles. The summed E-state index contributed by atoms with van der Waals surface area (Å²) in [4.78, 5) is 0. The molecular formula is C15H12I2O. The molecule has 1 unspecified atom stereocenters. The van der Waals surface area contributed by atoms with E-state index in [-0.39, 0.29) is 5.41 Å². The molecule has 1 atom stereocenters. The number of alkyl halides is 1. The van der Waals surface area contributed by atoms with Gasteiger partial charge in [0.25, 0.3) is 0 Å². The lowest BCUT2D eigenvalue weighted by molar-refractivity contribution is 0.307. The summed E-state index contributed by atoms with van der Waals surface area (Å²) in [6.45, 7) is 0.745. The molecule has 0 radical (unpaired) electrons. The molecule has 1 heterocycles. The third-order valence-corrected chi connectivity index (χ3v) is 5.46. The summed E-state index contributed by atoms with van der Waals surface area (Å²) in [6.07, 6.45) is 0. The first-order chi connectivity index (χ1) is 8.76. The van der Waals surface area contributed by atoms with Gasteiger partial charge in [0.2, 0.25) is 0 Å². The predicted octanol–water partition coefficient (Wildman–Crippen LogP) is 4.40. The molecule has 3 rings (SSSR count). The molecule has 0 spiro atoms. The van der Waals surface area contributed by atoms with Crippen LogP contribution >= 0.6 is 45.2 Å². The highest BCUT2D eigenvalue weighted by Gasteiger charge is 2.41. The number of hydrogen-bond acceptors (Lipinski definition) is 1. The van der Waals surface area contributed by atoms with Crippen LogP contribution in [0.2, 0.25) is 0 Å². The number of hydrogen-bond donors (Lipinski definition) is 0. The molecule has 92 valence electrons. The van der Waals surface area contributed by atoms with Gasteiger partial charge in [0, 0.05) is 13.6 Å². The number of fused-ring (bicyclic) bond motifs is 1. The second-order valence-corrected chi connectivity index (χ2v) is 6.52. The van der Waals surface area contributed by atoms with Crippen LogP contribution in [0.4, 0.5) is 0 Å². The molecule has 0 saturated heterocycles. The highest BCUT2D eigenvalue weighted by molar-refractivity contribution is 14.1. The van der Waals surface area contributed by atoms with Gasteiger partial charge in [0.15, 0.2) is 0 Å². The van der Waals surface area contributed by atoms with Crippen molar-refractivity contribution in [2.24, 2.45) is 0 Å². The van der Waals surface area contributed by atoms with Crippen LogP contribution in [0.5, 0.6) is 5.75 Å². The Labute approximate surface area is 134 Å². The molecule has 1 nitrogen and oxygen atoms in total. The van der Waals surface area contributed by atoms with Crippen LogP contribution in [0.15, 0.2) is 48.5 Å². The molecule has 0 amide bonds. The molecule has 0 fully saturated rings. The van der Waals surface area contributed by atoms with Crippen molar-refractivity contribution in [1.82, 2.24) is 0 Å². The average molecular weight is 462 g/mol. The van der Waals surface area contributed by atoms with Gasteiger partial charge in [-0.1, -0.05) is 52.9 Å². The molecule has 0 N–H and O–H groups in total. The van der Waals surface area contributed by atoms with Crippen LogP contribution in [0.3, 0.4) is 0 Å². The Balaban J connectivity index is 2.19. The minimum Gasteiger partial charge on any atom is -0.492 e. The summed E-state index contributed by atoms with van der Waals surface area (Å²) in [5.74, 6) is 1.04. The van der Waals surface area contributed by atoms with E-state index in [1.807, 2.05) is 0 Å². The van der Waals surface area contributed by atoms with Gasteiger partial charge in [-0.05, 0) is 46.4 Å². The number of halogens is 2. The first kappa shape index (κ1) is 12.7. The first-order valence-corrected chi connectivity index (χ1v) is 8.41. The van der Waals surface area contributed by atoms with Crippen molar-refractivity contribution in [2.75, 3.05) is 11.0 Å². The molecule has 1 aliphatic rings. The topological polar surface area (TPSA) is 9.23 Å². The first-order valence-electron chi connectivity index (χ1n) is 5.80. The van der Waals surface area contributed by atoms with Gasteiger partial charge in [-0.25, -0.2) is 0 Å². The fraction of sp³-hybridized carbons (Fsp3) is 0.200. The van der Waals surface area contributed by atoms with Gasteiger partial charge in [-0.15, -0.1) is 0 Å². The Morgan fingerprint density at radius 1 is 1.11 bits per heavy atom. The Morgan fingerprint density at radius 3 is 2.61 bits per heavy atom. The zero-order chi connectivity index (χ0) is 12.6. The van der Waals surface area contributed by atoms with Gasteiger partial charge in [0.05, 0.1) is 5.41 Å². The molecule has 0 aromatic heterocycles. The standard InChI is InChI=1S/C15H12I2O/c16-9-15(11-4-2-1-3-5-11)10-18-14-7-6-12(17)8-13(14)15/h1-8H,9-10H2.